The molecule has 7 heteroatoms. The number of ether oxygens (including phenoxy) is 1. The molecule has 4 aromatic rings. The van der Waals surface area contributed by atoms with Crippen molar-refractivity contribution in [2.24, 2.45) is 0 Å². The van der Waals surface area contributed by atoms with Crippen LogP contribution in [-0.4, -0.2) is 22.6 Å². The first-order chi connectivity index (χ1) is 16.8. The molecule has 0 bridgehead atoms. The van der Waals surface area contributed by atoms with E-state index in [9.17, 15) is 4.79 Å². The largest absolute Gasteiger partial charge is 0.484 e. The van der Waals surface area contributed by atoms with E-state index in [1.165, 1.54) is 11.1 Å². The lowest BCUT2D eigenvalue weighted by atomic mass is 9.98. The van der Waals surface area contributed by atoms with E-state index in [1.807, 2.05) is 62.4 Å². The predicted octanol–water partition coefficient (Wildman–Crippen LogP) is 6.52. The van der Waals surface area contributed by atoms with Gasteiger partial charge < -0.3 is 14.5 Å². The highest BCUT2D eigenvalue weighted by Gasteiger charge is 2.12. The second-order valence-corrected chi connectivity index (χ2v) is 9.08. The van der Waals surface area contributed by atoms with Crippen LogP contribution in [0.5, 0.6) is 5.75 Å². The minimum absolute atomic E-state index is 0.125. The Morgan fingerprint density at radius 2 is 1.83 bits per heavy atom. The SMILES string of the molecule is CCC(C)c1ccc2oc(-c3ccc(NC(=S)NC(=O)COc4ccc(C)c(C)c4)cc3)nc2c1. The fraction of sp³-hybridized carbons (Fsp3) is 0.250. The molecule has 0 radical (unpaired) electrons. The van der Waals surface area contributed by atoms with Crippen LogP contribution in [0.1, 0.15) is 42.9 Å². The molecule has 3 aromatic carbocycles. The number of aromatic nitrogens is 1. The average molecular weight is 488 g/mol. The average Bonchev–Trinajstić information content (AvgIpc) is 3.28. The summed E-state index contributed by atoms with van der Waals surface area (Å²) in [6.07, 6.45) is 1.08. The van der Waals surface area contributed by atoms with Gasteiger partial charge in [0.05, 0.1) is 0 Å². The third kappa shape index (κ3) is 6.05. The number of nitrogens with one attached hydrogen (secondary N) is 2. The third-order valence-electron chi connectivity index (χ3n) is 6.08. The molecule has 4 rings (SSSR count). The number of amides is 1. The first kappa shape index (κ1) is 24.4. The number of oxazole rings is 1. The van der Waals surface area contributed by atoms with Crippen molar-refractivity contribution in [2.45, 2.75) is 40.0 Å². The quantitative estimate of drug-likeness (QED) is 0.289. The summed E-state index contributed by atoms with van der Waals surface area (Å²) >= 11 is 5.26. The minimum atomic E-state index is -0.333. The van der Waals surface area contributed by atoms with Crippen LogP contribution in [-0.2, 0) is 4.79 Å². The summed E-state index contributed by atoms with van der Waals surface area (Å²) in [5.74, 6) is 1.36. The molecule has 1 heterocycles. The Kier molecular flexibility index (Phi) is 7.46. The van der Waals surface area contributed by atoms with E-state index in [0.29, 0.717) is 17.6 Å². The highest BCUT2D eigenvalue weighted by atomic mass is 32.1. The monoisotopic (exact) mass is 487 g/mol. The number of anilines is 1. The minimum Gasteiger partial charge on any atom is -0.484 e. The van der Waals surface area contributed by atoms with Gasteiger partial charge in [0.25, 0.3) is 5.91 Å². The van der Waals surface area contributed by atoms with E-state index >= 15 is 0 Å². The van der Waals surface area contributed by atoms with Crippen LogP contribution in [0.2, 0.25) is 0 Å². The second-order valence-electron chi connectivity index (χ2n) is 8.67. The van der Waals surface area contributed by atoms with Gasteiger partial charge in [-0.05, 0) is 104 Å². The zero-order valence-corrected chi connectivity index (χ0v) is 21.2. The topological polar surface area (TPSA) is 76.4 Å². The van der Waals surface area contributed by atoms with Crippen LogP contribution >= 0.6 is 12.2 Å². The molecule has 0 saturated carbocycles. The Balaban J connectivity index is 1.33. The molecule has 0 aliphatic rings. The molecule has 1 aromatic heterocycles. The zero-order valence-electron chi connectivity index (χ0n) is 20.3. The number of hydrogen-bond acceptors (Lipinski definition) is 5. The smallest absolute Gasteiger partial charge is 0.264 e. The molecular weight excluding hydrogens is 458 g/mol. The van der Waals surface area contributed by atoms with E-state index in [2.05, 4.69) is 41.6 Å². The molecule has 1 amide bonds. The molecule has 1 unspecified atom stereocenters. The molecule has 180 valence electrons. The van der Waals surface area contributed by atoms with Gasteiger partial charge >= 0.3 is 0 Å². The van der Waals surface area contributed by atoms with Crippen molar-refractivity contribution in [3.8, 4) is 17.2 Å². The number of thiocarbonyl (C=S) groups is 1. The van der Waals surface area contributed by atoms with E-state index in [-0.39, 0.29) is 17.6 Å². The highest BCUT2D eigenvalue weighted by Crippen LogP contribution is 2.28. The van der Waals surface area contributed by atoms with Gasteiger partial charge in [-0.1, -0.05) is 26.0 Å². The molecule has 35 heavy (non-hydrogen) atoms. The molecule has 0 spiro atoms. The number of carbonyl (C=O) groups is 1. The van der Waals surface area contributed by atoms with Crippen molar-refractivity contribution < 1.29 is 13.9 Å². The summed E-state index contributed by atoms with van der Waals surface area (Å²) in [6.45, 7) is 8.29. The maximum absolute atomic E-state index is 12.2. The maximum atomic E-state index is 12.2. The van der Waals surface area contributed by atoms with Crippen LogP contribution in [0.4, 0.5) is 5.69 Å². The van der Waals surface area contributed by atoms with Crippen molar-refractivity contribution in [3.05, 3.63) is 77.4 Å². The van der Waals surface area contributed by atoms with Crippen molar-refractivity contribution in [1.82, 2.24) is 10.3 Å². The summed E-state index contributed by atoms with van der Waals surface area (Å²) in [6, 6.07) is 19.4. The number of aryl methyl sites for hydroxylation is 2. The first-order valence-corrected chi connectivity index (χ1v) is 12.0. The van der Waals surface area contributed by atoms with Gasteiger partial charge in [0, 0.05) is 11.3 Å². The van der Waals surface area contributed by atoms with Gasteiger partial charge in [-0.2, -0.15) is 0 Å². The lowest BCUT2D eigenvalue weighted by Gasteiger charge is -2.11. The number of benzene rings is 3. The van der Waals surface area contributed by atoms with Crippen LogP contribution in [0, 0.1) is 13.8 Å². The Labute approximate surface area is 210 Å². The predicted molar refractivity (Wildman–Crippen MR) is 144 cm³/mol. The van der Waals surface area contributed by atoms with Crippen molar-refractivity contribution in [2.75, 3.05) is 11.9 Å². The summed E-state index contributed by atoms with van der Waals surface area (Å²) in [4.78, 5) is 16.9. The lowest BCUT2D eigenvalue weighted by molar-refractivity contribution is -0.121. The molecule has 2 N–H and O–H groups in total. The fourth-order valence-electron chi connectivity index (χ4n) is 3.58. The first-order valence-electron chi connectivity index (χ1n) is 11.6. The van der Waals surface area contributed by atoms with Gasteiger partial charge in [-0.15, -0.1) is 0 Å². The molecule has 0 aliphatic carbocycles. The standard InChI is InChI=1S/C28H29N3O3S/c1-5-17(2)21-9-13-25-24(15-21)30-27(34-25)20-7-10-22(11-8-20)29-28(35)31-26(32)16-33-23-12-6-18(3)19(4)14-23/h6-15,17H,5,16H2,1-4H3,(H2,29,31,32,35). The van der Waals surface area contributed by atoms with Gasteiger partial charge in [-0.25, -0.2) is 4.98 Å². The highest BCUT2D eigenvalue weighted by molar-refractivity contribution is 7.80. The molecule has 6 nitrogen and oxygen atoms in total. The van der Waals surface area contributed by atoms with Crippen molar-refractivity contribution in [1.29, 1.82) is 0 Å². The number of rotatable bonds is 7. The molecular formula is C28H29N3O3S. The van der Waals surface area contributed by atoms with Gasteiger partial charge in [0.2, 0.25) is 5.89 Å². The zero-order chi connectivity index (χ0) is 24.9. The van der Waals surface area contributed by atoms with E-state index in [1.54, 1.807) is 0 Å². The van der Waals surface area contributed by atoms with Gasteiger partial charge in [-0.3, -0.25) is 10.1 Å². The Morgan fingerprint density at radius 3 is 2.54 bits per heavy atom. The third-order valence-corrected chi connectivity index (χ3v) is 6.29. The molecule has 1 atom stereocenters. The molecule has 0 aliphatic heterocycles. The number of nitrogens with zero attached hydrogens (tertiary/aromatic N) is 1. The van der Waals surface area contributed by atoms with E-state index in [4.69, 9.17) is 21.4 Å². The normalized spacial score (nSPS) is 11.8. The molecule has 0 saturated heterocycles. The van der Waals surface area contributed by atoms with Crippen LogP contribution < -0.4 is 15.4 Å². The number of hydrogen-bond donors (Lipinski definition) is 2. The number of carbonyl (C=O) groups excluding carboxylic acids is 1. The van der Waals surface area contributed by atoms with Crippen molar-refractivity contribution >= 4 is 40.0 Å². The Morgan fingerprint density at radius 1 is 1.06 bits per heavy atom. The van der Waals surface area contributed by atoms with E-state index in [0.717, 1.165) is 34.3 Å². The summed E-state index contributed by atoms with van der Waals surface area (Å²) in [5.41, 5.74) is 6.75. The van der Waals surface area contributed by atoms with Gasteiger partial charge in [0.1, 0.15) is 11.3 Å². The fourth-order valence-corrected chi connectivity index (χ4v) is 3.82. The van der Waals surface area contributed by atoms with Crippen LogP contribution in [0.15, 0.2) is 65.1 Å². The lowest BCUT2D eigenvalue weighted by Crippen LogP contribution is -2.37. The number of fused-ring (bicyclic) bond motifs is 1. The van der Waals surface area contributed by atoms with Crippen LogP contribution in [0.25, 0.3) is 22.6 Å². The summed E-state index contributed by atoms with van der Waals surface area (Å²) < 4.78 is 11.5. The van der Waals surface area contributed by atoms with Gasteiger partial charge in [0.15, 0.2) is 17.3 Å². The summed E-state index contributed by atoms with van der Waals surface area (Å²) in [5, 5.41) is 5.85. The second kappa shape index (κ2) is 10.7. The van der Waals surface area contributed by atoms with Crippen molar-refractivity contribution in [3.63, 3.8) is 0 Å². The van der Waals surface area contributed by atoms with E-state index < -0.39 is 0 Å². The summed E-state index contributed by atoms with van der Waals surface area (Å²) in [7, 11) is 0. The molecule has 0 fully saturated rings. The maximum Gasteiger partial charge on any atom is 0.264 e. The van der Waals surface area contributed by atoms with Crippen LogP contribution in [0.3, 0.4) is 0 Å². The Hall–Kier alpha value is -3.71. The Bertz CT molecular complexity index is 1360.